The predicted octanol–water partition coefficient (Wildman–Crippen LogP) is 1.74. The summed E-state index contributed by atoms with van der Waals surface area (Å²) in [5.41, 5.74) is -0.190. The Balaban J connectivity index is 2.90. The molecule has 1 unspecified atom stereocenters. The van der Waals surface area contributed by atoms with Crippen molar-refractivity contribution in [2.75, 3.05) is 14.1 Å². The summed E-state index contributed by atoms with van der Waals surface area (Å²) in [5, 5.41) is 14.1. The van der Waals surface area contributed by atoms with Crippen molar-refractivity contribution in [2.24, 2.45) is 0 Å². The number of aliphatic hydroxyl groups is 1. The second kappa shape index (κ2) is 5.14. The van der Waals surface area contributed by atoms with E-state index in [-0.39, 0.29) is 11.5 Å². The van der Waals surface area contributed by atoms with Crippen molar-refractivity contribution >= 4 is 0 Å². The molecule has 17 heavy (non-hydrogen) atoms. The highest BCUT2D eigenvalue weighted by molar-refractivity contribution is 5.01. The number of rotatable bonds is 4. The van der Waals surface area contributed by atoms with Crippen molar-refractivity contribution in [3.05, 3.63) is 11.7 Å². The van der Waals surface area contributed by atoms with E-state index in [1.165, 1.54) is 0 Å². The molecule has 0 fully saturated rings. The van der Waals surface area contributed by atoms with Gasteiger partial charge in [-0.15, -0.1) is 0 Å². The zero-order chi connectivity index (χ0) is 13.2. The van der Waals surface area contributed by atoms with Gasteiger partial charge < -0.3 is 14.5 Å². The zero-order valence-electron chi connectivity index (χ0n) is 11.6. The van der Waals surface area contributed by atoms with Crippen LogP contribution in [-0.4, -0.2) is 40.3 Å². The van der Waals surface area contributed by atoms with Gasteiger partial charge in [-0.2, -0.15) is 4.98 Å². The van der Waals surface area contributed by atoms with Crippen molar-refractivity contribution in [3.63, 3.8) is 0 Å². The van der Waals surface area contributed by atoms with Crippen LogP contribution in [0.15, 0.2) is 4.52 Å². The lowest BCUT2D eigenvalue weighted by molar-refractivity contribution is 0.0647. The van der Waals surface area contributed by atoms with Crippen LogP contribution in [0.25, 0.3) is 0 Å². The van der Waals surface area contributed by atoms with Gasteiger partial charge in [0.1, 0.15) is 6.10 Å². The van der Waals surface area contributed by atoms with Crippen LogP contribution in [0.4, 0.5) is 0 Å². The second-order valence-corrected chi connectivity index (χ2v) is 5.59. The largest absolute Gasteiger partial charge is 0.383 e. The fraction of sp³-hybridized carbons (Fsp3) is 0.833. The minimum atomic E-state index is -0.713. The molecule has 1 rings (SSSR count). The molecule has 1 aromatic rings. The molecule has 0 spiro atoms. The van der Waals surface area contributed by atoms with Gasteiger partial charge in [0, 0.05) is 11.5 Å². The minimum Gasteiger partial charge on any atom is -0.383 e. The highest BCUT2D eigenvalue weighted by atomic mass is 16.5. The smallest absolute Gasteiger partial charge is 0.232 e. The van der Waals surface area contributed by atoms with Gasteiger partial charge in [-0.1, -0.05) is 32.9 Å². The Kier molecular flexibility index (Phi) is 4.27. The molecule has 98 valence electrons. The molecule has 0 saturated heterocycles. The minimum absolute atomic E-state index is 0.000387. The Bertz CT molecular complexity index is 355. The summed E-state index contributed by atoms with van der Waals surface area (Å²) in [6, 6.07) is 0.000387. The summed E-state index contributed by atoms with van der Waals surface area (Å²) in [4.78, 5) is 6.25. The van der Waals surface area contributed by atoms with Crippen LogP contribution in [0.3, 0.4) is 0 Å². The predicted molar refractivity (Wildman–Crippen MR) is 65.7 cm³/mol. The summed E-state index contributed by atoms with van der Waals surface area (Å²) in [6.07, 6.45) is 0.114. The van der Waals surface area contributed by atoms with Crippen LogP contribution in [0.1, 0.15) is 51.9 Å². The molecule has 5 heteroatoms. The van der Waals surface area contributed by atoms with E-state index in [0.29, 0.717) is 11.7 Å². The third kappa shape index (κ3) is 3.26. The molecule has 1 N–H and O–H groups in total. The molecule has 0 saturated carbocycles. The molecule has 0 aliphatic heterocycles. The fourth-order valence-corrected chi connectivity index (χ4v) is 1.70. The molecule has 0 amide bonds. The summed E-state index contributed by atoms with van der Waals surface area (Å²) in [6.45, 7) is 8.03. The van der Waals surface area contributed by atoms with Gasteiger partial charge in [-0.3, -0.25) is 0 Å². The van der Waals surface area contributed by atoms with E-state index in [4.69, 9.17) is 4.52 Å². The standard InChI is InChI=1S/C12H23N3O2/c1-7-8(15(5)6)9(16)10-13-11(17-14-10)12(2,3)4/h8-9,16H,7H2,1-6H3/t8-,9?/m0/s1. The van der Waals surface area contributed by atoms with Crippen molar-refractivity contribution in [1.29, 1.82) is 0 Å². The molecule has 5 nitrogen and oxygen atoms in total. The maximum Gasteiger partial charge on any atom is 0.232 e. The summed E-state index contributed by atoms with van der Waals surface area (Å²) >= 11 is 0. The lowest BCUT2D eigenvalue weighted by Crippen LogP contribution is -2.33. The molecular weight excluding hydrogens is 218 g/mol. The first kappa shape index (κ1) is 14.1. The van der Waals surface area contributed by atoms with E-state index in [9.17, 15) is 5.11 Å². The van der Waals surface area contributed by atoms with Crippen molar-refractivity contribution in [2.45, 2.75) is 51.7 Å². The number of hydrogen-bond donors (Lipinski definition) is 1. The highest BCUT2D eigenvalue weighted by Crippen LogP contribution is 2.24. The summed E-state index contributed by atoms with van der Waals surface area (Å²) in [7, 11) is 3.87. The van der Waals surface area contributed by atoms with Gasteiger partial charge in [0.05, 0.1) is 0 Å². The number of aromatic nitrogens is 2. The van der Waals surface area contributed by atoms with E-state index >= 15 is 0 Å². The molecule has 0 radical (unpaired) electrons. The molecule has 1 aromatic heterocycles. The van der Waals surface area contributed by atoms with Crippen molar-refractivity contribution in [3.8, 4) is 0 Å². The molecular formula is C12H23N3O2. The maximum absolute atomic E-state index is 10.2. The SMILES string of the molecule is CC[C@@H](C(O)c1noc(C(C)(C)C)n1)N(C)C. The van der Waals surface area contributed by atoms with Crippen LogP contribution in [0.2, 0.25) is 0 Å². The van der Waals surface area contributed by atoms with Gasteiger partial charge >= 0.3 is 0 Å². The highest BCUT2D eigenvalue weighted by Gasteiger charge is 2.28. The van der Waals surface area contributed by atoms with E-state index in [0.717, 1.165) is 6.42 Å². The first-order valence-corrected chi connectivity index (χ1v) is 5.96. The molecule has 0 bridgehead atoms. The Morgan fingerprint density at radius 3 is 2.29 bits per heavy atom. The summed E-state index contributed by atoms with van der Waals surface area (Å²) in [5.74, 6) is 0.927. The van der Waals surface area contributed by atoms with Crippen LogP contribution in [0.5, 0.6) is 0 Å². The van der Waals surface area contributed by atoms with Gasteiger partial charge in [0.25, 0.3) is 0 Å². The number of aliphatic hydroxyl groups excluding tert-OH is 1. The zero-order valence-corrected chi connectivity index (χ0v) is 11.6. The second-order valence-electron chi connectivity index (χ2n) is 5.59. The maximum atomic E-state index is 10.2. The van der Waals surface area contributed by atoms with E-state index in [1.54, 1.807) is 0 Å². The van der Waals surface area contributed by atoms with Crippen molar-refractivity contribution in [1.82, 2.24) is 15.0 Å². The monoisotopic (exact) mass is 241 g/mol. The van der Waals surface area contributed by atoms with Gasteiger partial charge in [0.15, 0.2) is 0 Å². The lowest BCUT2D eigenvalue weighted by atomic mass is 9.97. The quantitative estimate of drug-likeness (QED) is 0.870. The Morgan fingerprint density at radius 2 is 1.94 bits per heavy atom. The van der Waals surface area contributed by atoms with E-state index < -0.39 is 6.10 Å². The van der Waals surface area contributed by atoms with Crippen LogP contribution < -0.4 is 0 Å². The van der Waals surface area contributed by atoms with Gasteiger partial charge in [-0.05, 0) is 20.5 Å². The Morgan fingerprint density at radius 1 is 1.35 bits per heavy atom. The lowest BCUT2D eigenvalue weighted by Gasteiger charge is -2.25. The molecule has 0 aromatic carbocycles. The average Bonchev–Trinajstić information content (AvgIpc) is 2.65. The Labute approximate surface area is 103 Å². The van der Waals surface area contributed by atoms with Gasteiger partial charge in [-0.25, -0.2) is 0 Å². The topological polar surface area (TPSA) is 62.4 Å². The molecule has 0 aliphatic rings. The van der Waals surface area contributed by atoms with E-state index in [2.05, 4.69) is 10.1 Å². The van der Waals surface area contributed by atoms with Crippen LogP contribution in [-0.2, 0) is 5.41 Å². The van der Waals surface area contributed by atoms with Crippen LogP contribution >= 0.6 is 0 Å². The number of hydrogen-bond acceptors (Lipinski definition) is 5. The first-order chi connectivity index (χ1) is 7.77. The van der Waals surface area contributed by atoms with Crippen molar-refractivity contribution < 1.29 is 9.63 Å². The first-order valence-electron chi connectivity index (χ1n) is 5.96. The molecule has 2 atom stereocenters. The molecule has 1 heterocycles. The van der Waals surface area contributed by atoms with Crippen LogP contribution in [0, 0.1) is 0 Å². The number of nitrogens with zero attached hydrogens (tertiary/aromatic N) is 3. The summed E-state index contributed by atoms with van der Waals surface area (Å²) < 4.78 is 5.18. The third-order valence-corrected chi connectivity index (χ3v) is 2.79. The van der Waals surface area contributed by atoms with E-state index in [1.807, 2.05) is 46.7 Å². The third-order valence-electron chi connectivity index (χ3n) is 2.79. The number of likely N-dealkylation sites (N-methyl/N-ethyl adjacent to an activating group) is 1. The normalized spacial score (nSPS) is 16.2. The fourth-order valence-electron chi connectivity index (χ4n) is 1.70. The molecule has 0 aliphatic carbocycles. The average molecular weight is 241 g/mol. The van der Waals surface area contributed by atoms with Gasteiger partial charge in [0.2, 0.25) is 11.7 Å². The Hall–Kier alpha value is -0.940.